The molecule has 1 fully saturated rings. The summed E-state index contributed by atoms with van der Waals surface area (Å²) in [5.41, 5.74) is 17.9. The van der Waals surface area contributed by atoms with Crippen molar-refractivity contribution in [2.75, 3.05) is 0 Å². The quantitative estimate of drug-likeness (QED) is 0.176. The third-order valence-electron chi connectivity index (χ3n) is 13.5. The first-order valence-corrected chi connectivity index (χ1v) is 33.2. The van der Waals surface area contributed by atoms with E-state index in [1.165, 1.54) is 55.6 Å². The zero-order valence-electron chi connectivity index (χ0n) is 35.2. The molecule has 2 aliphatic carbocycles. The number of benzene rings is 4. The summed E-state index contributed by atoms with van der Waals surface area (Å²) < 4.78 is 6.83. The van der Waals surface area contributed by atoms with Crippen LogP contribution in [0.15, 0.2) is 83.2 Å². The summed E-state index contributed by atoms with van der Waals surface area (Å²) in [6.45, 7) is 34.2. The molecule has 2 atom stereocenters. The normalized spacial score (nSPS) is 20.5. The number of rotatable bonds is 2. The molecular formula is C50H64HfSi. The molecule has 2 unspecified atom stereocenters. The van der Waals surface area contributed by atoms with Crippen LogP contribution in [0, 0.1) is 13.8 Å². The Balaban J connectivity index is 1.50. The molecule has 272 valence electrons. The monoisotopic (exact) mass is 872 g/mol. The van der Waals surface area contributed by atoms with Gasteiger partial charge in [0.2, 0.25) is 0 Å². The molecule has 1 heterocycles. The molecule has 0 amide bonds. The molecule has 0 radical (unpaired) electrons. The predicted octanol–water partition coefficient (Wildman–Crippen LogP) is 15.2. The van der Waals surface area contributed by atoms with Crippen LogP contribution < -0.4 is 0 Å². The van der Waals surface area contributed by atoms with Crippen molar-refractivity contribution in [2.45, 2.75) is 135 Å². The molecular weight excluding hydrogens is 807 g/mol. The number of allylic oxidation sites excluding steroid dienone is 2. The predicted molar refractivity (Wildman–Crippen MR) is 229 cm³/mol. The molecule has 0 aromatic heterocycles. The van der Waals surface area contributed by atoms with Crippen LogP contribution in [0.3, 0.4) is 0 Å². The maximum absolute atomic E-state index is 3.27. The van der Waals surface area contributed by atoms with Gasteiger partial charge in [-0.2, -0.15) is 0 Å². The minimum atomic E-state index is -3.27. The number of hydrogen-bond acceptors (Lipinski definition) is 0. The van der Waals surface area contributed by atoms with E-state index in [-0.39, 0.29) is 20.9 Å². The molecule has 0 saturated carbocycles. The van der Waals surface area contributed by atoms with E-state index < -0.39 is 28.0 Å². The van der Waals surface area contributed by atoms with Gasteiger partial charge in [0.05, 0.1) is 0 Å². The van der Waals surface area contributed by atoms with E-state index in [4.69, 9.17) is 0 Å². The zero-order chi connectivity index (χ0) is 38.1. The summed E-state index contributed by atoms with van der Waals surface area (Å²) in [5.74, 6) is 0. The average molecular weight is 872 g/mol. The standard InChI is InChI=1S/C48H58Si.2CH3.Hf/c1-31-25-35(45(3,4)5)21-23-39(31)41-19-15-17-33-27-37(29-43(33)41)49(47(9,10)11,48(12,13)14)38-28-34-18-16-20-42(44(34)30-38)40-24-22-36(26-32(40)2)46(6,7)8;;;/h15-30H,1-14H3;2*1H3;. The Morgan fingerprint density at radius 2 is 0.846 bits per heavy atom. The molecule has 0 bridgehead atoms. The fourth-order valence-corrected chi connectivity index (χ4v) is 45.4. The van der Waals surface area contributed by atoms with Crippen molar-refractivity contribution in [3.8, 4) is 22.3 Å². The second-order valence-corrected chi connectivity index (χ2v) is 44.2. The van der Waals surface area contributed by atoms with Gasteiger partial charge in [-0.25, -0.2) is 0 Å². The Morgan fingerprint density at radius 3 is 1.15 bits per heavy atom. The number of hydrogen-bond donors (Lipinski definition) is 0. The van der Waals surface area contributed by atoms with Crippen molar-refractivity contribution >= 4 is 20.2 Å². The van der Waals surface area contributed by atoms with Gasteiger partial charge in [0.25, 0.3) is 0 Å². The topological polar surface area (TPSA) is 0 Å². The van der Waals surface area contributed by atoms with Crippen molar-refractivity contribution in [2.24, 2.45) is 0 Å². The summed E-state index contributed by atoms with van der Waals surface area (Å²) in [5, 5.41) is 3.99. The van der Waals surface area contributed by atoms with Gasteiger partial charge >= 0.3 is 325 Å². The van der Waals surface area contributed by atoms with E-state index >= 15 is 0 Å². The Hall–Kier alpha value is -2.55. The molecule has 1 saturated heterocycles. The Bertz CT molecular complexity index is 2020. The Labute approximate surface area is 322 Å². The molecule has 0 nitrogen and oxygen atoms in total. The van der Waals surface area contributed by atoms with Crippen molar-refractivity contribution in [3.63, 3.8) is 0 Å². The maximum atomic E-state index is 2.82. The average Bonchev–Trinajstić information content (AvgIpc) is 3.60. The second-order valence-electron chi connectivity index (χ2n) is 21.3. The summed E-state index contributed by atoms with van der Waals surface area (Å²) in [6.07, 6.45) is 5.60. The third kappa shape index (κ3) is 5.42. The molecule has 0 N–H and O–H groups in total. The van der Waals surface area contributed by atoms with E-state index in [0.29, 0.717) is 7.35 Å². The van der Waals surface area contributed by atoms with Gasteiger partial charge in [0, 0.05) is 0 Å². The fourth-order valence-electron chi connectivity index (χ4n) is 11.6. The van der Waals surface area contributed by atoms with Crippen LogP contribution in [-0.4, -0.2) is 8.07 Å². The van der Waals surface area contributed by atoms with Crippen LogP contribution in [0.1, 0.15) is 135 Å². The number of aryl methyl sites for hydroxylation is 2. The van der Waals surface area contributed by atoms with Crippen molar-refractivity contribution in [3.05, 3.63) is 128 Å². The van der Waals surface area contributed by atoms with Gasteiger partial charge < -0.3 is 0 Å². The molecule has 52 heavy (non-hydrogen) atoms. The molecule has 0 spiro atoms. The van der Waals surface area contributed by atoms with Crippen LogP contribution in [-0.2, 0) is 30.8 Å². The summed E-state index contributed by atoms with van der Waals surface area (Å²) in [6, 6.07) is 29.2. The van der Waals surface area contributed by atoms with Crippen LogP contribution >= 0.6 is 0 Å². The first-order valence-electron chi connectivity index (χ1n) is 19.9. The van der Waals surface area contributed by atoms with Crippen molar-refractivity contribution < 1.29 is 20.0 Å². The fraction of sp³-hybridized carbons (Fsp3) is 0.440. The molecule has 4 aromatic carbocycles. The van der Waals surface area contributed by atoms with E-state index in [1.54, 1.807) is 11.1 Å². The van der Waals surface area contributed by atoms with Gasteiger partial charge in [0.15, 0.2) is 0 Å². The van der Waals surface area contributed by atoms with E-state index in [2.05, 4.69) is 191 Å². The van der Waals surface area contributed by atoms with Crippen molar-refractivity contribution in [1.82, 2.24) is 0 Å². The second kappa shape index (κ2) is 12.0. The van der Waals surface area contributed by atoms with E-state index in [9.17, 15) is 0 Å². The van der Waals surface area contributed by atoms with Crippen LogP contribution in [0.2, 0.25) is 19.4 Å². The molecule has 1 aliphatic heterocycles. The molecule has 7 rings (SSSR count). The first-order chi connectivity index (χ1) is 23.9. The summed E-state index contributed by atoms with van der Waals surface area (Å²) in [4.78, 5) is 0. The number of fused-ring (bicyclic) bond motifs is 6. The van der Waals surface area contributed by atoms with E-state index in [1.807, 2.05) is 10.4 Å². The third-order valence-corrected chi connectivity index (χ3v) is 37.8. The first kappa shape index (κ1) is 37.8. The molecule has 2 heteroatoms. The van der Waals surface area contributed by atoms with Gasteiger partial charge in [0.1, 0.15) is 0 Å². The van der Waals surface area contributed by atoms with Crippen LogP contribution in [0.25, 0.3) is 34.4 Å². The zero-order valence-corrected chi connectivity index (χ0v) is 39.8. The van der Waals surface area contributed by atoms with Gasteiger partial charge in [-0.1, -0.05) is 0 Å². The summed E-state index contributed by atoms with van der Waals surface area (Å²) >= 11 is -3.27. The minimum absolute atomic E-state index is 0.138. The Kier molecular flexibility index (Phi) is 8.69. The molecule has 4 aromatic rings. The SMILES string of the molecule is Cc1cc(C(C)(C)C)ccc1-c1cccc2c1C=C1[CH]2[Hf]([CH3])([CH3])[CH]2C(=Cc3c(-c4ccc(C(C)(C)C)cc4C)cccc32)[Si]1(C(C)(C)C)C(C)(C)C. The van der Waals surface area contributed by atoms with Gasteiger partial charge in [-0.15, -0.1) is 0 Å². The van der Waals surface area contributed by atoms with Crippen LogP contribution in [0.5, 0.6) is 0 Å². The van der Waals surface area contributed by atoms with Crippen LogP contribution in [0.4, 0.5) is 0 Å². The van der Waals surface area contributed by atoms with Crippen molar-refractivity contribution in [1.29, 1.82) is 0 Å². The van der Waals surface area contributed by atoms with Gasteiger partial charge in [-0.3, -0.25) is 0 Å². The van der Waals surface area contributed by atoms with Gasteiger partial charge in [-0.05, 0) is 0 Å². The molecule has 3 aliphatic rings. The summed E-state index contributed by atoms with van der Waals surface area (Å²) in [7, 11) is -2.40. The Morgan fingerprint density at radius 1 is 0.481 bits per heavy atom. The van der Waals surface area contributed by atoms with E-state index in [0.717, 1.165) is 0 Å².